The van der Waals surface area contributed by atoms with Crippen LogP contribution in [0.15, 0.2) is 47.4 Å². The molecule has 3 rings (SSSR count). The summed E-state index contributed by atoms with van der Waals surface area (Å²) >= 11 is 0. The van der Waals surface area contributed by atoms with Crippen LogP contribution in [0.3, 0.4) is 0 Å². The summed E-state index contributed by atoms with van der Waals surface area (Å²) in [4.78, 5) is 12.6. The molecule has 0 unspecified atom stereocenters. The molecule has 0 spiro atoms. The molecule has 0 N–H and O–H groups in total. The molecule has 0 radical (unpaired) electrons. The molecule has 1 aliphatic rings. The molecule has 0 aliphatic carbocycles. The van der Waals surface area contributed by atoms with E-state index in [1.54, 1.807) is 13.0 Å². The minimum Gasteiger partial charge on any atom is -0.490 e. The number of ether oxygens (including phenoxy) is 3. The van der Waals surface area contributed by atoms with Gasteiger partial charge in [-0.05, 0) is 43.2 Å². The van der Waals surface area contributed by atoms with Crippen molar-refractivity contribution in [2.45, 2.75) is 18.7 Å². The first kappa shape index (κ1) is 21.3. The van der Waals surface area contributed by atoms with Gasteiger partial charge in [0, 0.05) is 13.1 Å². The van der Waals surface area contributed by atoms with Gasteiger partial charge >= 0.3 is 5.97 Å². The van der Waals surface area contributed by atoms with Gasteiger partial charge in [0.05, 0.1) is 23.7 Å². The fourth-order valence-corrected chi connectivity index (χ4v) is 4.43. The fraction of sp³-hybridized carbons (Fsp3) is 0.381. The van der Waals surface area contributed by atoms with Crippen molar-refractivity contribution in [1.29, 1.82) is 0 Å². The van der Waals surface area contributed by atoms with E-state index in [4.69, 9.17) is 14.2 Å². The third-order valence-corrected chi connectivity index (χ3v) is 6.60. The van der Waals surface area contributed by atoms with E-state index in [0.717, 1.165) is 11.3 Å². The Hall–Kier alpha value is -2.42. The number of carbonyl (C=O) groups is 1. The first-order valence-corrected chi connectivity index (χ1v) is 10.9. The Labute approximate surface area is 171 Å². The largest absolute Gasteiger partial charge is 0.490 e. The Morgan fingerprint density at radius 3 is 2.48 bits per heavy atom. The molecular weight excluding hydrogens is 394 g/mol. The van der Waals surface area contributed by atoms with E-state index in [1.807, 2.05) is 31.2 Å². The molecular formula is C21H25NO6S. The highest BCUT2D eigenvalue weighted by atomic mass is 32.2. The molecule has 8 heteroatoms. The quantitative estimate of drug-likeness (QED) is 0.507. The number of sulfonamides is 1. The summed E-state index contributed by atoms with van der Waals surface area (Å²) in [5.41, 5.74) is 1.88. The van der Waals surface area contributed by atoms with Gasteiger partial charge in [0.2, 0.25) is 10.0 Å². The maximum atomic E-state index is 12.8. The SMILES string of the molecule is Cc1ccccc1OCCOC(=O)c1cc(S(=O)(=O)N2CCOCC2)ccc1C. The van der Waals surface area contributed by atoms with Gasteiger partial charge in [-0.25, -0.2) is 13.2 Å². The Morgan fingerprint density at radius 2 is 1.76 bits per heavy atom. The number of para-hydroxylation sites is 1. The maximum absolute atomic E-state index is 12.8. The van der Waals surface area contributed by atoms with Crippen LogP contribution in [0, 0.1) is 13.8 Å². The van der Waals surface area contributed by atoms with Gasteiger partial charge in [0.1, 0.15) is 19.0 Å². The number of esters is 1. The summed E-state index contributed by atoms with van der Waals surface area (Å²) in [7, 11) is -3.68. The van der Waals surface area contributed by atoms with Crippen molar-refractivity contribution in [2.75, 3.05) is 39.5 Å². The van der Waals surface area contributed by atoms with E-state index in [1.165, 1.54) is 16.4 Å². The van der Waals surface area contributed by atoms with Gasteiger partial charge in [-0.15, -0.1) is 0 Å². The van der Waals surface area contributed by atoms with Crippen LogP contribution in [0.4, 0.5) is 0 Å². The number of rotatable bonds is 7. The minimum atomic E-state index is -3.68. The minimum absolute atomic E-state index is 0.0625. The highest BCUT2D eigenvalue weighted by Gasteiger charge is 2.27. The average molecular weight is 419 g/mol. The van der Waals surface area contributed by atoms with E-state index < -0.39 is 16.0 Å². The molecule has 1 aliphatic heterocycles. The smallest absolute Gasteiger partial charge is 0.338 e. The Kier molecular flexibility index (Phi) is 6.89. The lowest BCUT2D eigenvalue weighted by atomic mass is 10.1. The molecule has 2 aromatic rings. The van der Waals surface area contributed by atoms with E-state index in [0.29, 0.717) is 31.9 Å². The van der Waals surface area contributed by atoms with Crippen molar-refractivity contribution in [3.63, 3.8) is 0 Å². The van der Waals surface area contributed by atoms with Gasteiger partial charge in [-0.1, -0.05) is 24.3 Å². The summed E-state index contributed by atoms with van der Waals surface area (Å²) in [5.74, 6) is 0.160. The van der Waals surface area contributed by atoms with Gasteiger partial charge in [0.15, 0.2) is 0 Å². The summed E-state index contributed by atoms with van der Waals surface area (Å²) in [6.45, 7) is 5.27. The number of hydrogen-bond acceptors (Lipinski definition) is 6. The average Bonchev–Trinajstić information content (AvgIpc) is 2.73. The van der Waals surface area contributed by atoms with Crippen LogP contribution in [0.1, 0.15) is 21.5 Å². The van der Waals surface area contributed by atoms with Crippen molar-refractivity contribution in [3.05, 3.63) is 59.2 Å². The lowest BCUT2D eigenvalue weighted by Gasteiger charge is -2.26. The molecule has 1 fully saturated rings. The normalized spacial score (nSPS) is 15.1. The van der Waals surface area contributed by atoms with Crippen molar-refractivity contribution >= 4 is 16.0 Å². The second-order valence-corrected chi connectivity index (χ2v) is 8.68. The van der Waals surface area contributed by atoms with Crippen LogP contribution in [0.5, 0.6) is 5.75 Å². The van der Waals surface area contributed by atoms with Crippen LogP contribution in [0.2, 0.25) is 0 Å². The third kappa shape index (κ3) is 5.14. The first-order valence-electron chi connectivity index (χ1n) is 9.43. The third-order valence-electron chi connectivity index (χ3n) is 4.70. The molecule has 0 amide bonds. The van der Waals surface area contributed by atoms with Crippen molar-refractivity contribution in [3.8, 4) is 5.75 Å². The van der Waals surface area contributed by atoms with Crippen LogP contribution in [0.25, 0.3) is 0 Å². The summed E-state index contributed by atoms with van der Waals surface area (Å²) in [6, 6.07) is 12.1. The lowest BCUT2D eigenvalue weighted by Crippen LogP contribution is -2.40. The van der Waals surface area contributed by atoms with Gasteiger partial charge in [-0.2, -0.15) is 4.31 Å². The lowest BCUT2D eigenvalue weighted by molar-refractivity contribution is 0.0449. The Bertz CT molecular complexity index is 967. The Balaban J connectivity index is 1.64. The van der Waals surface area contributed by atoms with Crippen LogP contribution in [-0.2, 0) is 19.5 Å². The summed E-state index contributed by atoms with van der Waals surface area (Å²) < 4.78 is 43.1. The molecule has 29 heavy (non-hydrogen) atoms. The van der Waals surface area contributed by atoms with Crippen molar-refractivity contribution in [2.24, 2.45) is 0 Å². The zero-order valence-electron chi connectivity index (χ0n) is 16.6. The molecule has 2 aromatic carbocycles. The number of morpholine rings is 1. The van der Waals surface area contributed by atoms with Crippen LogP contribution in [-0.4, -0.2) is 58.2 Å². The molecule has 0 atom stereocenters. The predicted molar refractivity (Wildman–Crippen MR) is 108 cm³/mol. The summed E-state index contributed by atoms with van der Waals surface area (Å²) in [5, 5.41) is 0. The molecule has 0 bridgehead atoms. The van der Waals surface area contributed by atoms with E-state index in [-0.39, 0.29) is 23.7 Å². The van der Waals surface area contributed by atoms with Gasteiger partial charge in [0.25, 0.3) is 0 Å². The van der Waals surface area contributed by atoms with E-state index in [9.17, 15) is 13.2 Å². The predicted octanol–water partition coefficient (Wildman–Crippen LogP) is 2.56. The topological polar surface area (TPSA) is 82.1 Å². The molecule has 0 aromatic heterocycles. The second kappa shape index (κ2) is 9.39. The second-order valence-electron chi connectivity index (χ2n) is 6.74. The van der Waals surface area contributed by atoms with E-state index in [2.05, 4.69) is 0 Å². The van der Waals surface area contributed by atoms with Crippen LogP contribution < -0.4 is 4.74 Å². The number of hydrogen-bond donors (Lipinski definition) is 0. The van der Waals surface area contributed by atoms with Crippen LogP contribution >= 0.6 is 0 Å². The fourth-order valence-electron chi connectivity index (χ4n) is 3.00. The zero-order chi connectivity index (χ0) is 20.9. The zero-order valence-corrected chi connectivity index (χ0v) is 17.4. The van der Waals surface area contributed by atoms with Gasteiger partial charge < -0.3 is 14.2 Å². The molecule has 7 nitrogen and oxygen atoms in total. The number of nitrogens with zero attached hydrogens (tertiary/aromatic N) is 1. The van der Waals surface area contributed by atoms with E-state index >= 15 is 0 Å². The molecule has 156 valence electrons. The molecule has 1 heterocycles. The van der Waals surface area contributed by atoms with Crippen molar-refractivity contribution in [1.82, 2.24) is 4.31 Å². The van der Waals surface area contributed by atoms with Gasteiger partial charge in [-0.3, -0.25) is 0 Å². The summed E-state index contributed by atoms with van der Waals surface area (Å²) in [6.07, 6.45) is 0. The highest BCUT2D eigenvalue weighted by Crippen LogP contribution is 2.21. The molecule has 0 saturated carbocycles. The molecule has 1 saturated heterocycles. The standard InChI is InChI=1S/C21H25NO6S/c1-16-7-8-18(29(24,25)22-9-11-26-12-10-22)15-19(16)21(23)28-14-13-27-20-6-4-3-5-17(20)2/h3-8,15H,9-14H2,1-2H3. The Morgan fingerprint density at radius 1 is 1.03 bits per heavy atom. The highest BCUT2D eigenvalue weighted by molar-refractivity contribution is 7.89. The number of benzene rings is 2. The number of aryl methyl sites for hydroxylation is 2. The first-order chi connectivity index (χ1) is 13.9. The number of carbonyl (C=O) groups excluding carboxylic acids is 1. The van der Waals surface area contributed by atoms with Crippen molar-refractivity contribution < 1.29 is 27.4 Å². The monoisotopic (exact) mass is 419 g/mol. The maximum Gasteiger partial charge on any atom is 0.338 e.